The maximum absolute atomic E-state index is 11.6. The first-order chi connectivity index (χ1) is 9.93. The maximum atomic E-state index is 11.6. The molecule has 1 rings (SSSR count). The lowest BCUT2D eigenvalue weighted by Crippen LogP contribution is -2.40. The molecule has 1 unspecified atom stereocenters. The van der Waals surface area contributed by atoms with Crippen LogP contribution in [0.3, 0.4) is 0 Å². The molecule has 0 radical (unpaired) electrons. The molecule has 0 aliphatic carbocycles. The van der Waals surface area contributed by atoms with Gasteiger partial charge in [-0.3, -0.25) is 4.79 Å². The van der Waals surface area contributed by atoms with E-state index in [4.69, 9.17) is 4.42 Å². The second-order valence-electron chi connectivity index (χ2n) is 5.19. The third-order valence-electron chi connectivity index (χ3n) is 2.95. The number of hydrogen-bond acceptors (Lipinski definition) is 3. The van der Waals surface area contributed by atoms with E-state index in [1.807, 2.05) is 26.0 Å². The number of carbonyl (C=O) groups is 1. The van der Waals surface area contributed by atoms with E-state index in [0.29, 0.717) is 5.96 Å². The van der Waals surface area contributed by atoms with Gasteiger partial charge in [-0.2, -0.15) is 0 Å². The van der Waals surface area contributed by atoms with Crippen LogP contribution in [0.2, 0.25) is 0 Å². The Balaban J connectivity index is 0.00000441. The van der Waals surface area contributed by atoms with Gasteiger partial charge in [0.15, 0.2) is 5.96 Å². The number of guanidine groups is 1. The normalized spacial score (nSPS) is 12.3. The molecule has 0 fully saturated rings. The van der Waals surface area contributed by atoms with Crippen LogP contribution in [0.15, 0.2) is 21.5 Å². The first-order valence-corrected chi connectivity index (χ1v) is 7.25. The van der Waals surface area contributed by atoms with Crippen molar-refractivity contribution in [2.24, 2.45) is 4.99 Å². The minimum atomic E-state index is -0.0332. The number of furan rings is 1. The van der Waals surface area contributed by atoms with Crippen LogP contribution < -0.4 is 10.6 Å². The molecule has 2 N–H and O–H groups in total. The fourth-order valence-electron chi connectivity index (χ4n) is 1.65. The second kappa shape index (κ2) is 10.5. The van der Waals surface area contributed by atoms with Crippen molar-refractivity contribution < 1.29 is 9.21 Å². The number of amides is 1. The summed E-state index contributed by atoms with van der Waals surface area (Å²) in [5.41, 5.74) is 0. The predicted molar refractivity (Wildman–Crippen MR) is 99.7 cm³/mol. The summed E-state index contributed by atoms with van der Waals surface area (Å²) < 4.78 is 5.59. The van der Waals surface area contributed by atoms with E-state index in [1.54, 1.807) is 14.1 Å². The van der Waals surface area contributed by atoms with Crippen LogP contribution >= 0.6 is 24.0 Å². The molecule has 126 valence electrons. The molecule has 1 atom stereocenters. The van der Waals surface area contributed by atoms with Crippen molar-refractivity contribution in [3.63, 3.8) is 0 Å². The topological polar surface area (TPSA) is 69.9 Å². The zero-order valence-electron chi connectivity index (χ0n) is 14.0. The van der Waals surface area contributed by atoms with Crippen LogP contribution in [0, 0.1) is 6.92 Å². The number of rotatable bonds is 6. The van der Waals surface area contributed by atoms with Crippen molar-refractivity contribution in [1.82, 2.24) is 15.5 Å². The second-order valence-corrected chi connectivity index (χ2v) is 5.19. The van der Waals surface area contributed by atoms with Gasteiger partial charge >= 0.3 is 0 Å². The third kappa shape index (κ3) is 7.15. The summed E-state index contributed by atoms with van der Waals surface area (Å²) in [4.78, 5) is 17.5. The lowest BCUT2D eigenvalue weighted by atomic mass is 10.2. The van der Waals surface area contributed by atoms with Crippen molar-refractivity contribution in [3.8, 4) is 0 Å². The van der Waals surface area contributed by atoms with Crippen molar-refractivity contribution in [3.05, 3.63) is 23.7 Å². The van der Waals surface area contributed by atoms with E-state index in [0.717, 1.165) is 24.5 Å². The third-order valence-corrected chi connectivity index (χ3v) is 2.95. The first-order valence-electron chi connectivity index (χ1n) is 7.25. The number of nitrogens with zero attached hydrogens (tertiary/aromatic N) is 2. The van der Waals surface area contributed by atoms with E-state index in [2.05, 4.69) is 22.5 Å². The molecule has 0 bridgehead atoms. The van der Waals surface area contributed by atoms with Gasteiger partial charge in [-0.25, -0.2) is 4.99 Å². The summed E-state index contributed by atoms with van der Waals surface area (Å²) in [5.74, 6) is 2.31. The Kier molecular flexibility index (Phi) is 9.88. The van der Waals surface area contributed by atoms with Crippen LogP contribution in [0.25, 0.3) is 0 Å². The molecule has 22 heavy (non-hydrogen) atoms. The number of halogens is 1. The Labute approximate surface area is 149 Å². The first kappa shape index (κ1) is 20.8. The molecule has 0 saturated heterocycles. The number of aryl methyl sites for hydroxylation is 1. The number of likely N-dealkylation sites (N-methyl/N-ethyl adjacent to an activating group) is 1. The van der Waals surface area contributed by atoms with E-state index < -0.39 is 0 Å². The number of hydrogen-bond donors (Lipinski definition) is 2. The fraction of sp³-hybridized carbons (Fsp3) is 0.600. The quantitative estimate of drug-likeness (QED) is 0.420. The van der Waals surface area contributed by atoms with E-state index in [-0.39, 0.29) is 42.5 Å². The Morgan fingerprint density at radius 2 is 2.09 bits per heavy atom. The zero-order valence-corrected chi connectivity index (χ0v) is 16.3. The average Bonchev–Trinajstić information content (AvgIpc) is 2.87. The smallest absolute Gasteiger partial charge is 0.243 e. The molecule has 1 aromatic rings. The van der Waals surface area contributed by atoms with Gasteiger partial charge in [0.2, 0.25) is 5.91 Å². The van der Waals surface area contributed by atoms with Gasteiger partial charge in [-0.15, -0.1) is 24.0 Å². The molecule has 1 amide bonds. The summed E-state index contributed by atoms with van der Waals surface area (Å²) in [6.07, 6.45) is 0.983. The molecule has 0 saturated carbocycles. The van der Waals surface area contributed by atoms with Gasteiger partial charge < -0.3 is 20.0 Å². The fourth-order valence-corrected chi connectivity index (χ4v) is 1.65. The average molecular weight is 422 g/mol. The number of nitrogens with one attached hydrogen (secondary N) is 2. The Hall–Kier alpha value is -1.25. The molecule has 1 heterocycles. The van der Waals surface area contributed by atoms with Crippen molar-refractivity contribution in [2.45, 2.75) is 33.2 Å². The minimum Gasteiger partial charge on any atom is -0.464 e. The zero-order chi connectivity index (χ0) is 15.8. The maximum Gasteiger partial charge on any atom is 0.243 e. The van der Waals surface area contributed by atoms with Crippen LogP contribution in [0.5, 0.6) is 0 Å². The molecule has 0 aliphatic rings. The highest BCUT2D eigenvalue weighted by molar-refractivity contribution is 14.0. The summed E-state index contributed by atoms with van der Waals surface area (Å²) in [6, 6.07) is 3.85. The molecule has 1 aromatic heterocycles. The van der Waals surface area contributed by atoms with Crippen molar-refractivity contribution in [2.75, 3.05) is 27.2 Å². The molecule has 0 aromatic carbocycles. The van der Waals surface area contributed by atoms with E-state index in [1.165, 1.54) is 4.90 Å². The highest BCUT2D eigenvalue weighted by Crippen LogP contribution is 2.15. The molecule has 7 heteroatoms. The Morgan fingerprint density at radius 3 is 2.59 bits per heavy atom. The number of aliphatic imine (C=N–C) groups is 1. The van der Waals surface area contributed by atoms with Crippen LogP contribution in [-0.4, -0.2) is 44.0 Å². The largest absolute Gasteiger partial charge is 0.464 e. The lowest BCUT2D eigenvalue weighted by Gasteiger charge is -2.17. The van der Waals surface area contributed by atoms with Gasteiger partial charge in [0.05, 0.1) is 6.04 Å². The van der Waals surface area contributed by atoms with Gasteiger partial charge in [0.25, 0.3) is 0 Å². The Bertz CT molecular complexity index is 486. The molecular weight excluding hydrogens is 395 g/mol. The summed E-state index contributed by atoms with van der Waals surface area (Å²) in [5, 5.41) is 6.45. The number of carbonyl (C=O) groups excluding carboxylic acids is 1. The van der Waals surface area contributed by atoms with Crippen molar-refractivity contribution in [1.29, 1.82) is 0 Å². The van der Waals surface area contributed by atoms with Crippen molar-refractivity contribution >= 4 is 35.8 Å². The molecule has 6 nitrogen and oxygen atoms in total. The molecule has 0 aliphatic heterocycles. The SMILES string of the molecule is CCCNC(=NCC(=O)N(C)C)NC(C)c1ccc(C)o1.I. The summed E-state index contributed by atoms with van der Waals surface area (Å²) >= 11 is 0. The minimum absolute atomic E-state index is 0. The lowest BCUT2D eigenvalue weighted by molar-refractivity contribution is -0.127. The van der Waals surface area contributed by atoms with Gasteiger partial charge in [-0.1, -0.05) is 6.92 Å². The summed E-state index contributed by atoms with van der Waals surface area (Å²) in [7, 11) is 3.44. The van der Waals surface area contributed by atoms with E-state index in [9.17, 15) is 4.79 Å². The monoisotopic (exact) mass is 422 g/mol. The Morgan fingerprint density at radius 1 is 1.41 bits per heavy atom. The van der Waals surface area contributed by atoms with Gasteiger partial charge in [-0.05, 0) is 32.4 Å². The van der Waals surface area contributed by atoms with Crippen LogP contribution in [-0.2, 0) is 4.79 Å². The standard InChI is InChI=1S/C15H26N4O2.HI/c1-6-9-16-15(17-10-14(20)19(4)5)18-12(3)13-8-7-11(2)21-13;/h7-8,12H,6,9-10H2,1-5H3,(H2,16,17,18);1H. The van der Waals surface area contributed by atoms with E-state index >= 15 is 0 Å². The van der Waals surface area contributed by atoms with Gasteiger partial charge in [0.1, 0.15) is 18.1 Å². The van der Waals surface area contributed by atoms with Crippen LogP contribution in [0.1, 0.15) is 37.8 Å². The molecular formula is C15H27IN4O2. The highest BCUT2D eigenvalue weighted by Gasteiger charge is 2.12. The summed E-state index contributed by atoms with van der Waals surface area (Å²) in [6.45, 7) is 6.91. The van der Waals surface area contributed by atoms with Gasteiger partial charge in [0, 0.05) is 20.6 Å². The highest BCUT2D eigenvalue weighted by atomic mass is 127. The molecule has 0 spiro atoms. The van der Waals surface area contributed by atoms with Crippen LogP contribution in [0.4, 0.5) is 0 Å². The predicted octanol–water partition coefficient (Wildman–Crippen LogP) is 2.30.